The number of halogens is 3. The molecule has 0 unspecified atom stereocenters. The summed E-state index contributed by atoms with van der Waals surface area (Å²) in [6.07, 6.45) is 2.20. The second kappa shape index (κ2) is 8.68. The quantitative estimate of drug-likeness (QED) is 0.472. The lowest BCUT2D eigenvalue weighted by Crippen LogP contribution is -2.56. The van der Waals surface area contributed by atoms with Crippen molar-refractivity contribution in [3.05, 3.63) is 61.7 Å². The molecule has 0 spiro atoms. The number of aromatic nitrogens is 3. The summed E-state index contributed by atoms with van der Waals surface area (Å²) in [5.74, 6) is 1.12. The average Bonchev–Trinajstić information content (AvgIpc) is 2.82. The van der Waals surface area contributed by atoms with E-state index in [0.717, 1.165) is 49.8 Å². The van der Waals surface area contributed by atoms with Gasteiger partial charge in [0.05, 0.1) is 22.5 Å². The molecule has 9 heteroatoms. The molecule has 0 radical (unpaired) electrons. The van der Waals surface area contributed by atoms with Crippen LogP contribution in [0.3, 0.4) is 0 Å². The number of anilines is 1. The van der Waals surface area contributed by atoms with Crippen molar-refractivity contribution < 1.29 is 8.78 Å². The fourth-order valence-electron chi connectivity index (χ4n) is 5.56. The molecule has 0 saturated carbocycles. The highest BCUT2D eigenvalue weighted by Crippen LogP contribution is 2.39. The van der Waals surface area contributed by atoms with Crippen LogP contribution >= 0.6 is 15.9 Å². The maximum absolute atomic E-state index is 13.5. The first kappa shape index (κ1) is 23.4. The first-order valence-electron chi connectivity index (χ1n) is 11.7. The van der Waals surface area contributed by atoms with E-state index in [0.29, 0.717) is 27.2 Å². The van der Waals surface area contributed by atoms with Crippen LogP contribution in [-0.2, 0) is 5.54 Å². The third-order valence-electron chi connectivity index (χ3n) is 7.59. The van der Waals surface area contributed by atoms with E-state index in [1.165, 1.54) is 6.07 Å². The second-order valence-corrected chi connectivity index (χ2v) is 10.3. The van der Waals surface area contributed by atoms with Crippen LogP contribution in [-0.4, -0.2) is 39.1 Å². The summed E-state index contributed by atoms with van der Waals surface area (Å²) < 4.78 is 29.2. The van der Waals surface area contributed by atoms with Gasteiger partial charge in [0.2, 0.25) is 0 Å². The first-order chi connectivity index (χ1) is 16.2. The zero-order valence-electron chi connectivity index (χ0n) is 19.5. The number of aryl methyl sites for hydroxylation is 1. The SMILES string of the molecule is Cc1nc(N[C@@H](C)c2cccc(C(F)F)c2C)c2cn(C34CCN(CC3)CC4)c(=O)c(Br)c2n1. The van der Waals surface area contributed by atoms with Gasteiger partial charge in [-0.3, -0.25) is 4.79 Å². The predicted octanol–water partition coefficient (Wildman–Crippen LogP) is 5.48. The molecule has 3 saturated heterocycles. The van der Waals surface area contributed by atoms with Gasteiger partial charge in [-0.15, -0.1) is 0 Å². The van der Waals surface area contributed by atoms with Gasteiger partial charge in [0.25, 0.3) is 12.0 Å². The number of rotatable bonds is 5. The maximum atomic E-state index is 13.5. The van der Waals surface area contributed by atoms with E-state index in [9.17, 15) is 13.6 Å². The monoisotopic (exact) mass is 531 g/mol. The average molecular weight is 532 g/mol. The van der Waals surface area contributed by atoms with Gasteiger partial charge in [0.1, 0.15) is 16.1 Å². The number of fused-ring (bicyclic) bond motifs is 4. The normalized spacial score (nSPS) is 23.0. The molecule has 5 heterocycles. The number of benzene rings is 1. The van der Waals surface area contributed by atoms with Gasteiger partial charge < -0.3 is 14.8 Å². The summed E-state index contributed by atoms with van der Waals surface area (Å²) in [6, 6.07) is 4.71. The molecule has 3 aliphatic rings. The smallest absolute Gasteiger partial charge is 0.267 e. The highest BCUT2D eigenvalue weighted by atomic mass is 79.9. The van der Waals surface area contributed by atoms with Crippen LogP contribution in [0.15, 0.2) is 33.7 Å². The molecule has 3 aromatic rings. The minimum atomic E-state index is -2.53. The standard InChI is InChI=1S/C25H28BrF2N5O/c1-14-17(5-4-6-18(14)22(27)28)15(2)29-23-19-13-33(25-7-10-32(11-8-25)12-9-25)24(34)20(26)21(19)30-16(3)31-23/h4-6,13,15,22H,7-12H2,1-3H3,(H,29,30,31)/t15-/m0/s1. The maximum Gasteiger partial charge on any atom is 0.267 e. The van der Waals surface area contributed by atoms with Crippen molar-refractivity contribution in [1.82, 2.24) is 19.4 Å². The highest BCUT2D eigenvalue weighted by Gasteiger charge is 2.42. The zero-order valence-corrected chi connectivity index (χ0v) is 21.1. The van der Waals surface area contributed by atoms with Crippen LogP contribution in [0.2, 0.25) is 0 Å². The lowest BCUT2D eigenvalue weighted by Gasteiger charge is -2.49. The van der Waals surface area contributed by atoms with Gasteiger partial charge in [-0.2, -0.15) is 0 Å². The van der Waals surface area contributed by atoms with Crippen LogP contribution in [0.25, 0.3) is 10.9 Å². The molecular formula is C25H28BrF2N5O. The lowest BCUT2D eigenvalue weighted by atomic mass is 9.79. The van der Waals surface area contributed by atoms with Gasteiger partial charge >= 0.3 is 0 Å². The second-order valence-electron chi connectivity index (χ2n) is 9.54. The Morgan fingerprint density at radius 2 is 1.74 bits per heavy atom. The highest BCUT2D eigenvalue weighted by molar-refractivity contribution is 9.10. The van der Waals surface area contributed by atoms with Crippen molar-refractivity contribution in [2.75, 3.05) is 25.0 Å². The molecular weight excluding hydrogens is 504 g/mol. The molecule has 0 amide bonds. The molecule has 0 aliphatic carbocycles. The Labute approximate surface area is 205 Å². The van der Waals surface area contributed by atoms with Crippen molar-refractivity contribution in [1.29, 1.82) is 0 Å². The Hall–Kier alpha value is -2.39. The number of piperidine rings is 3. The van der Waals surface area contributed by atoms with E-state index in [4.69, 9.17) is 0 Å². The third-order valence-corrected chi connectivity index (χ3v) is 8.31. The van der Waals surface area contributed by atoms with Crippen molar-refractivity contribution in [2.45, 2.75) is 58.0 Å². The number of nitrogens with zero attached hydrogens (tertiary/aromatic N) is 4. The Bertz CT molecular complexity index is 1300. The van der Waals surface area contributed by atoms with E-state index >= 15 is 0 Å². The topological polar surface area (TPSA) is 63.1 Å². The van der Waals surface area contributed by atoms with Crippen molar-refractivity contribution >= 4 is 32.7 Å². The first-order valence-corrected chi connectivity index (χ1v) is 12.5. The van der Waals surface area contributed by atoms with Crippen LogP contribution in [0.1, 0.15) is 61.2 Å². The summed E-state index contributed by atoms with van der Waals surface area (Å²) in [5, 5.41) is 4.17. The summed E-state index contributed by atoms with van der Waals surface area (Å²) in [7, 11) is 0. The molecule has 2 aromatic heterocycles. The van der Waals surface area contributed by atoms with Crippen LogP contribution < -0.4 is 10.9 Å². The molecule has 180 valence electrons. The van der Waals surface area contributed by atoms with Gasteiger partial charge in [0.15, 0.2) is 0 Å². The number of pyridine rings is 1. The van der Waals surface area contributed by atoms with Gasteiger partial charge in [-0.25, -0.2) is 18.7 Å². The summed E-state index contributed by atoms with van der Waals surface area (Å²) in [5.41, 5.74) is 1.69. The number of nitrogens with one attached hydrogen (secondary N) is 1. The van der Waals surface area contributed by atoms with Crippen molar-refractivity contribution in [2.24, 2.45) is 0 Å². The van der Waals surface area contributed by atoms with Crippen molar-refractivity contribution in [3.63, 3.8) is 0 Å². The molecule has 3 fully saturated rings. The Morgan fingerprint density at radius 3 is 2.38 bits per heavy atom. The van der Waals surface area contributed by atoms with E-state index in [1.807, 2.05) is 23.8 Å². The van der Waals surface area contributed by atoms with Crippen LogP contribution in [0, 0.1) is 13.8 Å². The zero-order chi connectivity index (χ0) is 24.2. The Balaban J connectivity index is 1.61. The lowest BCUT2D eigenvalue weighted by molar-refractivity contribution is 0.0327. The molecule has 1 N–H and O–H groups in total. The fourth-order valence-corrected chi connectivity index (χ4v) is 6.05. The number of alkyl halides is 2. The van der Waals surface area contributed by atoms with Gasteiger partial charge in [-0.1, -0.05) is 18.2 Å². The Morgan fingerprint density at radius 1 is 1.09 bits per heavy atom. The van der Waals surface area contributed by atoms with Crippen LogP contribution in [0.5, 0.6) is 0 Å². The predicted molar refractivity (Wildman–Crippen MR) is 133 cm³/mol. The van der Waals surface area contributed by atoms with E-state index < -0.39 is 6.43 Å². The van der Waals surface area contributed by atoms with E-state index in [2.05, 4.69) is 36.1 Å². The van der Waals surface area contributed by atoms with E-state index in [1.54, 1.807) is 19.9 Å². The Kier molecular flexibility index (Phi) is 5.96. The number of hydrogen-bond acceptors (Lipinski definition) is 5. The minimum absolute atomic E-state index is 0.0363. The summed E-state index contributed by atoms with van der Waals surface area (Å²) >= 11 is 3.54. The number of hydrogen-bond donors (Lipinski definition) is 1. The minimum Gasteiger partial charge on any atom is -0.363 e. The van der Waals surface area contributed by atoms with Gasteiger partial charge in [0, 0.05) is 31.4 Å². The largest absolute Gasteiger partial charge is 0.363 e. The molecule has 1 atom stereocenters. The third kappa shape index (κ3) is 3.82. The summed E-state index contributed by atoms with van der Waals surface area (Å²) in [6.45, 7) is 8.42. The molecule has 3 aliphatic heterocycles. The van der Waals surface area contributed by atoms with Crippen LogP contribution in [0.4, 0.5) is 14.6 Å². The molecule has 1 aromatic carbocycles. The molecule has 6 rings (SSSR count). The van der Waals surface area contributed by atoms with Gasteiger partial charge in [-0.05, 0) is 67.1 Å². The van der Waals surface area contributed by atoms with E-state index in [-0.39, 0.29) is 22.7 Å². The van der Waals surface area contributed by atoms with Crippen molar-refractivity contribution in [3.8, 4) is 0 Å². The fraction of sp³-hybridized carbons (Fsp3) is 0.480. The molecule has 6 nitrogen and oxygen atoms in total. The molecule has 2 bridgehead atoms. The summed E-state index contributed by atoms with van der Waals surface area (Å²) in [4.78, 5) is 25.1. The molecule has 34 heavy (non-hydrogen) atoms.